The van der Waals surface area contributed by atoms with E-state index in [2.05, 4.69) is 0 Å². The van der Waals surface area contributed by atoms with Gasteiger partial charge in [0.05, 0.1) is 11.5 Å². The molecule has 3 N–H and O–H groups in total. The van der Waals surface area contributed by atoms with Crippen molar-refractivity contribution in [1.29, 1.82) is 0 Å². The maximum absolute atomic E-state index is 12.9. The minimum Gasteiger partial charge on any atom is -0.399 e. The summed E-state index contributed by atoms with van der Waals surface area (Å²) in [6.45, 7) is 0. The molecule has 0 bridgehead atoms. The zero-order chi connectivity index (χ0) is 14.2. The molecule has 1 heterocycles. The highest BCUT2D eigenvalue weighted by Gasteiger charge is 2.38. The van der Waals surface area contributed by atoms with Crippen LogP contribution < -0.4 is 11.1 Å². The van der Waals surface area contributed by atoms with Crippen molar-refractivity contribution in [1.82, 2.24) is 5.32 Å². The third-order valence-corrected chi connectivity index (χ3v) is 3.00. The van der Waals surface area contributed by atoms with Crippen LogP contribution >= 0.6 is 0 Å². The van der Waals surface area contributed by atoms with E-state index >= 15 is 0 Å². The number of alkyl halides is 3. The van der Waals surface area contributed by atoms with Gasteiger partial charge in [0.15, 0.2) is 0 Å². The Morgan fingerprint density at radius 1 is 1.26 bits per heavy atom. The van der Waals surface area contributed by atoms with Crippen LogP contribution in [-0.2, 0) is 15.8 Å². The Kier molecular flexibility index (Phi) is 3.21. The molecule has 1 atom stereocenters. The molecule has 0 spiro atoms. The Morgan fingerprint density at radius 2 is 1.95 bits per heavy atom. The molecule has 1 aromatic rings. The van der Waals surface area contributed by atoms with E-state index in [4.69, 9.17) is 5.73 Å². The second kappa shape index (κ2) is 4.56. The smallest absolute Gasteiger partial charge is 0.399 e. The van der Waals surface area contributed by atoms with Crippen LogP contribution in [0, 0.1) is 0 Å². The van der Waals surface area contributed by atoms with Crippen LogP contribution in [0.1, 0.15) is 29.9 Å². The van der Waals surface area contributed by atoms with Crippen molar-refractivity contribution in [3.63, 3.8) is 0 Å². The number of imide groups is 1. The lowest BCUT2D eigenvalue weighted by atomic mass is 9.87. The Balaban J connectivity index is 2.45. The number of amides is 2. The van der Waals surface area contributed by atoms with Gasteiger partial charge in [0.2, 0.25) is 11.8 Å². The van der Waals surface area contributed by atoms with Gasteiger partial charge in [-0.3, -0.25) is 14.9 Å². The normalized spacial score (nSPS) is 20.3. The average molecular weight is 272 g/mol. The van der Waals surface area contributed by atoms with Gasteiger partial charge in [0, 0.05) is 12.1 Å². The van der Waals surface area contributed by atoms with Crippen molar-refractivity contribution in [2.45, 2.75) is 24.9 Å². The first-order valence-corrected chi connectivity index (χ1v) is 5.59. The number of benzene rings is 1. The molecule has 19 heavy (non-hydrogen) atoms. The fraction of sp³-hybridized carbons (Fsp3) is 0.333. The number of hydrogen-bond donors (Lipinski definition) is 2. The number of nitrogens with one attached hydrogen (secondary N) is 1. The molecule has 102 valence electrons. The Morgan fingerprint density at radius 3 is 2.53 bits per heavy atom. The molecule has 7 heteroatoms. The molecule has 2 rings (SSSR count). The quantitative estimate of drug-likeness (QED) is 0.605. The molecule has 1 aromatic carbocycles. The van der Waals surface area contributed by atoms with Crippen LogP contribution in [0.3, 0.4) is 0 Å². The van der Waals surface area contributed by atoms with Crippen LogP contribution in [0.15, 0.2) is 18.2 Å². The summed E-state index contributed by atoms with van der Waals surface area (Å²) in [5.74, 6) is -2.15. The van der Waals surface area contributed by atoms with Crippen molar-refractivity contribution in [3.8, 4) is 0 Å². The molecule has 1 unspecified atom stereocenters. The predicted octanol–water partition coefficient (Wildman–Crippen LogP) is 1.81. The Bertz CT molecular complexity index is 540. The number of nitrogens with two attached hydrogens (primary N) is 1. The zero-order valence-corrected chi connectivity index (χ0v) is 9.75. The van der Waals surface area contributed by atoms with Gasteiger partial charge in [-0.05, 0) is 24.1 Å². The molecule has 0 radical (unpaired) electrons. The Hall–Kier alpha value is -2.05. The lowest BCUT2D eigenvalue weighted by Crippen LogP contribution is -2.40. The maximum Gasteiger partial charge on any atom is 0.416 e. The maximum atomic E-state index is 12.9. The minimum absolute atomic E-state index is 0.0247. The van der Waals surface area contributed by atoms with Gasteiger partial charge in [0.25, 0.3) is 0 Å². The number of anilines is 1. The van der Waals surface area contributed by atoms with Gasteiger partial charge >= 0.3 is 6.18 Å². The van der Waals surface area contributed by atoms with Crippen LogP contribution in [-0.4, -0.2) is 11.8 Å². The monoisotopic (exact) mass is 272 g/mol. The predicted molar refractivity (Wildman–Crippen MR) is 61.0 cm³/mol. The highest BCUT2D eigenvalue weighted by atomic mass is 19.4. The largest absolute Gasteiger partial charge is 0.416 e. The van der Waals surface area contributed by atoms with Gasteiger partial charge in [-0.25, -0.2) is 0 Å². The van der Waals surface area contributed by atoms with E-state index < -0.39 is 29.5 Å². The first kappa shape index (κ1) is 13.4. The molecule has 0 aliphatic carbocycles. The number of halogens is 3. The van der Waals surface area contributed by atoms with Crippen molar-refractivity contribution in [2.75, 3.05) is 5.73 Å². The highest BCUT2D eigenvalue weighted by molar-refractivity contribution is 6.01. The number of carbonyl (C=O) groups excluding carboxylic acids is 2. The third kappa shape index (κ3) is 2.69. The van der Waals surface area contributed by atoms with Crippen LogP contribution in [0.4, 0.5) is 18.9 Å². The SMILES string of the molecule is Nc1ccc(C2CCC(=O)NC2=O)c(C(F)(F)F)c1. The number of piperidine rings is 1. The summed E-state index contributed by atoms with van der Waals surface area (Å²) in [7, 11) is 0. The van der Waals surface area contributed by atoms with Crippen LogP contribution in [0.2, 0.25) is 0 Å². The molecular formula is C12H11F3N2O2. The van der Waals surface area contributed by atoms with E-state index in [9.17, 15) is 22.8 Å². The third-order valence-electron chi connectivity index (χ3n) is 3.00. The molecule has 1 fully saturated rings. The van der Waals surface area contributed by atoms with Gasteiger partial charge in [-0.15, -0.1) is 0 Å². The lowest BCUT2D eigenvalue weighted by Gasteiger charge is -2.24. The van der Waals surface area contributed by atoms with E-state index in [1.54, 1.807) is 0 Å². The van der Waals surface area contributed by atoms with E-state index in [-0.39, 0.29) is 24.1 Å². The van der Waals surface area contributed by atoms with E-state index in [1.807, 2.05) is 5.32 Å². The molecule has 0 aromatic heterocycles. The second-order valence-corrected chi connectivity index (χ2v) is 4.35. The summed E-state index contributed by atoms with van der Waals surface area (Å²) >= 11 is 0. The first-order valence-electron chi connectivity index (χ1n) is 5.59. The minimum atomic E-state index is -4.59. The standard InChI is InChI=1S/C12H11F3N2O2/c13-12(14,15)9-5-6(16)1-2-7(9)8-3-4-10(18)17-11(8)19/h1-2,5,8H,3-4,16H2,(H,17,18,19). The number of rotatable bonds is 1. The summed E-state index contributed by atoms with van der Waals surface area (Å²) in [6.07, 6.45) is -4.50. The van der Waals surface area contributed by atoms with Crippen molar-refractivity contribution in [3.05, 3.63) is 29.3 Å². The fourth-order valence-electron chi connectivity index (χ4n) is 2.11. The average Bonchev–Trinajstić information content (AvgIpc) is 2.28. The molecule has 2 amide bonds. The summed E-state index contributed by atoms with van der Waals surface area (Å²) < 4.78 is 38.8. The van der Waals surface area contributed by atoms with Crippen molar-refractivity contribution >= 4 is 17.5 Å². The first-order chi connectivity index (χ1) is 8.79. The van der Waals surface area contributed by atoms with Crippen LogP contribution in [0.25, 0.3) is 0 Å². The van der Waals surface area contributed by atoms with E-state index in [1.165, 1.54) is 12.1 Å². The summed E-state index contributed by atoms with van der Waals surface area (Å²) in [5.41, 5.74) is 4.26. The number of carbonyl (C=O) groups is 2. The summed E-state index contributed by atoms with van der Waals surface area (Å²) in [4.78, 5) is 22.7. The van der Waals surface area contributed by atoms with Gasteiger partial charge < -0.3 is 5.73 Å². The van der Waals surface area contributed by atoms with E-state index in [0.29, 0.717) is 0 Å². The van der Waals surface area contributed by atoms with Gasteiger partial charge in [-0.2, -0.15) is 13.2 Å². The second-order valence-electron chi connectivity index (χ2n) is 4.35. The highest BCUT2D eigenvalue weighted by Crippen LogP contribution is 2.38. The topological polar surface area (TPSA) is 72.2 Å². The molecule has 1 aliphatic rings. The Labute approximate surface area is 106 Å². The van der Waals surface area contributed by atoms with Crippen molar-refractivity contribution in [2.24, 2.45) is 0 Å². The van der Waals surface area contributed by atoms with E-state index in [0.717, 1.165) is 6.07 Å². The lowest BCUT2D eigenvalue weighted by molar-refractivity contribution is -0.139. The summed E-state index contributed by atoms with van der Waals surface area (Å²) in [6, 6.07) is 3.31. The fourth-order valence-corrected chi connectivity index (χ4v) is 2.11. The molecule has 1 aliphatic heterocycles. The van der Waals surface area contributed by atoms with Gasteiger partial charge in [-0.1, -0.05) is 6.07 Å². The summed E-state index contributed by atoms with van der Waals surface area (Å²) in [5, 5.41) is 2.04. The molecule has 0 saturated carbocycles. The molecule has 4 nitrogen and oxygen atoms in total. The van der Waals surface area contributed by atoms with Gasteiger partial charge in [0.1, 0.15) is 0 Å². The zero-order valence-electron chi connectivity index (χ0n) is 9.75. The molecular weight excluding hydrogens is 261 g/mol. The molecule has 1 saturated heterocycles. The number of hydrogen-bond acceptors (Lipinski definition) is 3. The van der Waals surface area contributed by atoms with Crippen molar-refractivity contribution < 1.29 is 22.8 Å². The van der Waals surface area contributed by atoms with Crippen LogP contribution in [0.5, 0.6) is 0 Å². The number of nitrogen functional groups attached to an aromatic ring is 1.